The lowest BCUT2D eigenvalue weighted by molar-refractivity contribution is -0.885. The van der Waals surface area contributed by atoms with Crippen molar-refractivity contribution in [3.8, 4) is 0 Å². The number of nitrogens with zero attached hydrogens (tertiary/aromatic N) is 1. The highest BCUT2D eigenvalue weighted by Gasteiger charge is 2.34. The van der Waals surface area contributed by atoms with Crippen molar-refractivity contribution in [2.45, 2.75) is 26.1 Å². The molecule has 1 aliphatic heterocycles. The number of piperazine rings is 1. The third kappa shape index (κ3) is 5.95. The van der Waals surface area contributed by atoms with Crippen molar-refractivity contribution in [2.75, 3.05) is 38.0 Å². The molecule has 1 heterocycles. The minimum atomic E-state index is -4.60. The Hall–Kier alpha value is -2.62. The predicted molar refractivity (Wildman–Crippen MR) is 95.5 cm³/mol. The Bertz CT molecular complexity index is 737. The summed E-state index contributed by atoms with van der Waals surface area (Å²) in [5.74, 6) is -1.20. The molecule has 28 heavy (non-hydrogen) atoms. The van der Waals surface area contributed by atoms with Gasteiger partial charge in [0, 0.05) is 6.04 Å². The Balaban J connectivity index is 2.03. The van der Waals surface area contributed by atoms with Crippen molar-refractivity contribution in [3.63, 3.8) is 0 Å². The fourth-order valence-corrected chi connectivity index (χ4v) is 2.97. The lowest BCUT2D eigenvalue weighted by Crippen LogP contribution is -3.16. The lowest BCUT2D eigenvalue weighted by Gasteiger charge is -2.29. The molecule has 1 fully saturated rings. The van der Waals surface area contributed by atoms with Crippen molar-refractivity contribution >= 4 is 23.4 Å². The largest absolute Gasteiger partial charge is 0.418 e. The Labute approximate surface area is 160 Å². The van der Waals surface area contributed by atoms with Gasteiger partial charge < -0.3 is 20.4 Å². The molecule has 10 heteroatoms. The second-order valence-corrected chi connectivity index (χ2v) is 6.91. The van der Waals surface area contributed by atoms with E-state index in [0.29, 0.717) is 13.1 Å². The molecule has 0 spiro atoms. The maximum absolute atomic E-state index is 13.1. The number of para-hydroxylation sites is 1. The average Bonchev–Trinajstić information content (AvgIpc) is 2.59. The number of nitrogens with one attached hydrogen (secondary N) is 3. The van der Waals surface area contributed by atoms with Gasteiger partial charge in [0.1, 0.15) is 6.54 Å². The molecule has 0 aromatic heterocycles. The number of hydrogen-bond donors (Lipinski definition) is 3. The number of rotatable bonds is 6. The van der Waals surface area contributed by atoms with Crippen LogP contribution in [0.5, 0.6) is 0 Å². The summed E-state index contributed by atoms with van der Waals surface area (Å²) in [4.78, 5) is 38.4. The number of halogens is 3. The quantitative estimate of drug-likeness (QED) is 0.623. The summed E-state index contributed by atoms with van der Waals surface area (Å²) < 4.78 is 39.2. The summed E-state index contributed by atoms with van der Waals surface area (Å²) in [6.07, 6.45) is -4.60. The zero-order chi connectivity index (χ0) is 20.9. The van der Waals surface area contributed by atoms with E-state index >= 15 is 0 Å². The molecule has 3 N–H and O–H groups in total. The molecule has 1 aromatic rings. The highest BCUT2D eigenvalue weighted by atomic mass is 19.4. The Morgan fingerprint density at radius 2 is 1.96 bits per heavy atom. The van der Waals surface area contributed by atoms with Gasteiger partial charge in [0.25, 0.3) is 11.8 Å². The number of alkyl halides is 3. The van der Waals surface area contributed by atoms with Crippen LogP contribution in [-0.4, -0.2) is 61.4 Å². The van der Waals surface area contributed by atoms with Crippen LogP contribution in [0.3, 0.4) is 0 Å². The summed E-state index contributed by atoms with van der Waals surface area (Å²) in [7, 11) is 0. The van der Waals surface area contributed by atoms with E-state index < -0.39 is 17.6 Å². The van der Waals surface area contributed by atoms with E-state index in [0.717, 1.165) is 11.0 Å². The Kier molecular flexibility index (Phi) is 7.00. The number of benzene rings is 1. The van der Waals surface area contributed by atoms with E-state index in [9.17, 15) is 27.6 Å². The van der Waals surface area contributed by atoms with Gasteiger partial charge in [-0.25, -0.2) is 0 Å². The molecular formula is C18H24F3N4O3+. The third-order valence-corrected chi connectivity index (χ3v) is 4.38. The van der Waals surface area contributed by atoms with Crippen molar-refractivity contribution in [1.82, 2.24) is 10.2 Å². The van der Waals surface area contributed by atoms with Crippen LogP contribution in [0.2, 0.25) is 0 Å². The van der Waals surface area contributed by atoms with Gasteiger partial charge in [0.2, 0.25) is 5.91 Å². The Morgan fingerprint density at radius 1 is 1.29 bits per heavy atom. The molecule has 0 aliphatic carbocycles. The van der Waals surface area contributed by atoms with Crippen molar-refractivity contribution in [3.05, 3.63) is 29.8 Å². The smallest absolute Gasteiger partial charge is 0.346 e. The molecule has 1 aliphatic rings. The number of carbonyl (C=O) groups is 3. The molecule has 1 unspecified atom stereocenters. The van der Waals surface area contributed by atoms with E-state index in [2.05, 4.69) is 10.6 Å². The number of amides is 3. The molecule has 154 valence electrons. The first kappa shape index (κ1) is 21.7. The molecule has 1 atom stereocenters. The minimum Gasteiger partial charge on any atom is -0.346 e. The SMILES string of the molecule is CC(C)N(CC(=O)Nc1ccccc1C(F)(F)F)C(=O)C[NH+]1CCNC(=O)C1. The number of carbonyl (C=O) groups excluding carboxylic acids is 3. The van der Waals surface area contributed by atoms with Gasteiger partial charge in [-0.05, 0) is 26.0 Å². The van der Waals surface area contributed by atoms with Crippen LogP contribution < -0.4 is 15.5 Å². The maximum atomic E-state index is 13.1. The zero-order valence-electron chi connectivity index (χ0n) is 15.7. The van der Waals surface area contributed by atoms with E-state index in [1.807, 2.05) is 0 Å². The summed E-state index contributed by atoms with van der Waals surface area (Å²) in [6.45, 7) is 4.33. The average molecular weight is 401 g/mol. The minimum absolute atomic E-state index is 0.0397. The standard InChI is InChI=1S/C18H23F3N4O3/c1-12(2)25(17(28)11-24-8-7-22-15(26)9-24)10-16(27)23-14-6-4-3-5-13(14)18(19,20)21/h3-6,12H,7-11H2,1-2H3,(H,22,26)(H,23,27)/p+1. The summed E-state index contributed by atoms with van der Waals surface area (Å²) in [5.41, 5.74) is -1.30. The topological polar surface area (TPSA) is 82.9 Å². The molecule has 1 saturated heterocycles. The number of quaternary nitrogens is 1. The van der Waals surface area contributed by atoms with E-state index in [4.69, 9.17) is 0 Å². The fourth-order valence-electron chi connectivity index (χ4n) is 2.97. The molecule has 7 nitrogen and oxygen atoms in total. The number of anilines is 1. The first-order valence-corrected chi connectivity index (χ1v) is 8.93. The third-order valence-electron chi connectivity index (χ3n) is 4.38. The fraction of sp³-hybridized carbons (Fsp3) is 0.500. The molecule has 0 bridgehead atoms. The first-order valence-electron chi connectivity index (χ1n) is 8.93. The molecule has 0 saturated carbocycles. The van der Waals surface area contributed by atoms with Gasteiger partial charge in [-0.2, -0.15) is 13.2 Å². The summed E-state index contributed by atoms with van der Waals surface area (Å²) in [6, 6.07) is 4.35. The van der Waals surface area contributed by atoms with Crippen molar-refractivity contribution in [2.24, 2.45) is 0 Å². The van der Waals surface area contributed by atoms with E-state index in [1.165, 1.54) is 23.1 Å². The van der Waals surface area contributed by atoms with Crippen LogP contribution in [-0.2, 0) is 20.6 Å². The number of hydrogen-bond acceptors (Lipinski definition) is 3. The predicted octanol–water partition coefficient (Wildman–Crippen LogP) is -0.104. The summed E-state index contributed by atoms with van der Waals surface area (Å²) >= 11 is 0. The van der Waals surface area contributed by atoms with Crippen LogP contribution in [0.4, 0.5) is 18.9 Å². The second-order valence-electron chi connectivity index (χ2n) is 6.91. The first-order chi connectivity index (χ1) is 13.1. The monoisotopic (exact) mass is 401 g/mol. The van der Waals surface area contributed by atoms with Gasteiger partial charge in [-0.3, -0.25) is 14.4 Å². The van der Waals surface area contributed by atoms with Gasteiger partial charge in [-0.1, -0.05) is 12.1 Å². The van der Waals surface area contributed by atoms with Gasteiger partial charge in [0.15, 0.2) is 13.1 Å². The van der Waals surface area contributed by atoms with Gasteiger partial charge in [0.05, 0.1) is 24.3 Å². The maximum Gasteiger partial charge on any atom is 0.418 e. The van der Waals surface area contributed by atoms with Crippen LogP contribution in [0.15, 0.2) is 24.3 Å². The summed E-state index contributed by atoms with van der Waals surface area (Å²) in [5, 5.41) is 4.92. The molecule has 2 rings (SSSR count). The van der Waals surface area contributed by atoms with Crippen LogP contribution in [0.1, 0.15) is 19.4 Å². The van der Waals surface area contributed by atoms with Crippen LogP contribution >= 0.6 is 0 Å². The van der Waals surface area contributed by atoms with E-state index in [1.54, 1.807) is 13.8 Å². The van der Waals surface area contributed by atoms with E-state index in [-0.39, 0.29) is 43.2 Å². The lowest BCUT2D eigenvalue weighted by atomic mass is 10.1. The zero-order valence-corrected chi connectivity index (χ0v) is 15.7. The molecule has 3 amide bonds. The van der Waals surface area contributed by atoms with Crippen LogP contribution in [0.25, 0.3) is 0 Å². The Morgan fingerprint density at radius 3 is 2.57 bits per heavy atom. The van der Waals surface area contributed by atoms with Crippen molar-refractivity contribution < 1.29 is 32.5 Å². The molecule has 0 radical (unpaired) electrons. The van der Waals surface area contributed by atoms with Crippen molar-refractivity contribution in [1.29, 1.82) is 0 Å². The van der Waals surface area contributed by atoms with Gasteiger partial charge in [-0.15, -0.1) is 0 Å². The van der Waals surface area contributed by atoms with Crippen LogP contribution in [0, 0.1) is 0 Å². The van der Waals surface area contributed by atoms with Gasteiger partial charge >= 0.3 is 6.18 Å². The second kappa shape index (κ2) is 9.05. The molecular weight excluding hydrogens is 377 g/mol. The highest BCUT2D eigenvalue weighted by Crippen LogP contribution is 2.34. The normalized spacial score (nSPS) is 17.2. The highest BCUT2D eigenvalue weighted by molar-refractivity contribution is 5.95. The molecule has 1 aromatic carbocycles.